The van der Waals surface area contributed by atoms with Crippen molar-refractivity contribution in [3.63, 3.8) is 0 Å². The molecule has 0 aliphatic heterocycles. The second kappa shape index (κ2) is 5.91. The van der Waals surface area contributed by atoms with Gasteiger partial charge in [0, 0.05) is 27.7 Å². The molecule has 1 heterocycles. The van der Waals surface area contributed by atoms with Crippen molar-refractivity contribution in [2.75, 3.05) is 5.32 Å². The maximum Gasteiger partial charge on any atom is 0.256 e. The number of rotatable bonds is 3. The minimum absolute atomic E-state index is 0.124. The van der Waals surface area contributed by atoms with Crippen molar-refractivity contribution in [3.05, 3.63) is 70.4 Å². The topological polar surface area (TPSA) is 42.0 Å². The van der Waals surface area contributed by atoms with Gasteiger partial charge in [-0.2, -0.15) is 0 Å². The molecule has 4 rings (SSSR count). The highest BCUT2D eigenvalue weighted by molar-refractivity contribution is 6.31. The van der Waals surface area contributed by atoms with Crippen LogP contribution in [0, 0.1) is 6.92 Å². The summed E-state index contributed by atoms with van der Waals surface area (Å²) in [6, 6.07) is 15.3. The molecule has 1 saturated carbocycles. The number of aromatic nitrogens is 1. The molecule has 3 aromatic rings. The lowest BCUT2D eigenvalue weighted by molar-refractivity contribution is 0.102. The van der Waals surface area contributed by atoms with Crippen molar-refractivity contribution in [2.45, 2.75) is 25.7 Å². The third kappa shape index (κ3) is 2.76. The molecule has 1 aliphatic rings. The molecule has 0 atom stereocenters. The Kier molecular flexibility index (Phi) is 3.73. The molecule has 0 radical (unpaired) electrons. The van der Waals surface area contributed by atoms with Gasteiger partial charge < -0.3 is 5.32 Å². The van der Waals surface area contributed by atoms with E-state index in [-0.39, 0.29) is 5.91 Å². The molecule has 1 amide bonds. The van der Waals surface area contributed by atoms with E-state index in [0.29, 0.717) is 16.5 Å². The van der Waals surface area contributed by atoms with Gasteiger partial charge in [-0.1, -0.05) is 35.9 Å². The van der Waals surface area contributed by atoms with E-state index in [2.05, 4.69) is 5.32 Å². The van der Waals surface area contributed by atoms with Gasteiger partial charge in [0.15, 0.2) is 0 Å². The summed E-state index contributed by atoms with van der Waals surface area (Å²) < 4.78 is 0. The third-order valence-corrected chi connectivity index (χ3v) is 4.90. The smallest absolute Gasteiger partial charge is 0.256 e. The van der Waals surface area contributed by atoms with Gasteiger partial charge in [0.25, 0.3) is 5.91 Å². The largest absolute Gasteiger partial charge is 0.322 e. The number of amides is 1. The van der Waals surface area contributed by atoms with Gasteiger partial charge in [-0.3, -0.25) is 9.78 Å². The van der Waals surface area contributed by atoms with Gasteiger partial charge in [-0.15, -0.1) is 0 Å². The summed E-state index contributed by atoms with van der Waals surface area (Å²) in [5.41, 5.74) is 4.16. The zero-order chi connectivity index (χ0) is 16.7. The van der Waals surface area contributed by atoms with Crippen LogP contribution in [0.25, 0.3) is 10.9 Å². The Hall–Kier alpha value is -2.39. The van der Waals surface area contributed by atoms with E-state index in [0.717, 1.165) is 40.7 Å². The Morgan fingerprint density at radius 2 is 1.96 bits per heavy atom. The molecule has 1 N–H and O–H groups in total. The maximum atomic E-state index is 12.9. The van der Waals surface area contributed by atoms with Crippen LogP contribution in [0.5, 0.6) is 0 Å². The molecular formula is C20H17ClN2O. The Morgan fingerprint density at radius 1 is 1.17 bits per heavy atom. The average molecular weight is 337 g/mol. The van der Waals surface area contributed by atoms with Crippen LogP contribution in [0.1, 0.15) is 40.4 Å². The molecule has 2 aromatic carbocycles. The minimum Gasteiger partial charge on any atom is -0.322 e. The fourth-order valence-corrected chi connectivity index (χ4v) is 3.08. The summed E-state index contributed by atoms with van der Waals surface area (Å²) >= 11 is 6.15. The maximum absolute atomic E-state index is 12.9. The van der Waals surface area contributed by atoms with Crippen molar-refractivity contribution in [1.29, 1.82) is 0 Å². The lowest BCUT2D eigenvalue weighted by Crippen LogP contribution is -2.14. The molecule has 0 unspecified atom stereocenters. The number of para-hydroxylation sites is 1. The first-order valence-corrected chi connectivity index (χ1v) is 8.47. The van der Waals surface area contributed by atoms with Crippen LogP contribution in [-0.2, 0) is 0 Å². The zero-order valence-corrected chi connectivity index (χ0v) is 14.1. The van der Waals surface area contributed by atoms with Crippen molar-refractivity contribution in [2.24, 2.45) is 0 Å². The standard InChI is InChI=1S/C20H17ClN2O/c1-12-16(21)6-4-8-17(12)23-20(24)15-11-19(13-9-10-13)22-18-7-3-2-5-14(15)18/h2-8,11,13H,9-10H2,1H3,(H,23,24). The van der Waals surface area contributed by atoms with Crippen molar-refractivity contribution >= 4 is 34.1 Å². The molecular weight excluding hydrogens is 320 g/mol. The number of pyridine rings is 1. The van der Waals surface area contributed by atoms with Crippen LogP contribution in [0.4, 0.5) is 5.69 Å². The van der Waals surface area contributed by atoms with Gasteiger partial charge in [0.2, 0.25) is 0 Å². The fourth-order valence-electron chi connectivity index (χ4n) is 2.90. The summed E-state index contributed by atoms with van der Waals surface area (Å²) in [7, 11) is 0. The van der Waals surface area contributed by atoms with Gasteiger partial charge in [-0.05, 0) is 49.6 Å². The highest BCUT2D eigenvalue weighted by Crippen LogP contribution is 2.40. The summed E-state index contributed by atoms with van der Waals surface area (Å²) in [6.07, 6.45) is 2.31. The first kappa shape index (κ1) is 15.2. The highest BCUT2D eigenvalue weighted by Gasteiger charge is 2.27. The van der Waals surface area contributed by atoms with Gasteiger partial charge >= 0.3 is 0 Å². The number of fused-ring (bicyclic) bond motifs is 1. The molecule has 1 aromatic heterocycles. The summed E-state index contributed by atoms with van der Waals surface area (Å²) in [6.45, 7) is 1.90. The number of benzene rings is 2. The molecule has 24 heavy (non-hydrogen) atoms. The summed E-state index contributed by atoms with van der Waals surface area (Å²) in [5, 5.41) is 4.51. The van der Waals surface area contributed by atoms with E-state index in [9.17, 15) is 4.79 Å². The van der Waals surface area contributed by atoms with Crippen LogP contribution < -0.4 is 5.32 Å². The fraction of sp³-hybridized carbons (Fsp3) is 0.200. The van der Waals surface area contributed by atoms with Gasteiger partial charge in [0.05, 0.1) is 11.1 Å². The number of hydrogen-bond donors (Lipinski definition) is 1. The predicted octanol–water partition coefficient (Wildman–Crippen LogP) is 5.33. The number of hydrogen-bond acceptors (Lipinski definition) is 2. The van der Waals surface area contributed by atoms with E-state index in [4.69, 9.17) is 16.6 Å². The highest BCUT2D eigenvalue weighted by atomic mass is 35.5. The van der Waals surface area contributed by atoms with E-state index >= 15 is 0 Å². The van der Waals surface area contributed by atoms with E-state index in [1.807, 2.05) is 55.5 Å². The summed E-state index contributed by atoms with van der Waals surface area (Å²) in [4.78, 5) is 17.6. The Bertz CT molecular complexity index is 948. The first-order chi connectivity index (χ1) is 11.6. The number of nitrogens with one attached hydrogen (secondary N) is 1. The number of carbonyl (C=O) groups is 1. The second-order valence-corrected chi connectivity index (χ2v) is 6.66. The lowest BCUT2D eigenvalue weighted by Gasteiger charge is -2.12. The van der Waals surface area contributed by atoms with Gasteiger partial charge in [0.1, 0.15) is 0 Å². The minimum atomic E-state index is -0.124. The third-order valence-electron chi connectivity index (χ3n) is 4.49. The molecule has 120 valence electrons. The normalized spacial score (nSPS) is 13.9. The SMILES string of the molecule is Cc1c(Cl)cccc1NC(=O)c1cc(C2CC2)nc2ccccc12. The Labute approximate surface area is 145 Å². The van der Waals surface area contributed by atoms with E-state index in [1.54, 1.807) is 0 Å². The first-order valence-electron chi connectivity index (χ1n) is 8.09. The van der Waals surface area contributed by atoms with Crippen molar-refractivity contribution < 1.29 is 4.79 Å². The number of halogens is 1. The van der Waals surface area contributed by atoms with Crippen LogP contribution in [0.3, 0.4) is 0 Å². The molecule has 3 nitrogen and oxygen atoms in total. The quantitative estimate of drug-likeness (QED) is 0.702. The average Bonchev–Trinajstić information content (AvgIpc) is 3.43. The molecule has 0 saturated heterocycles. The number of nitrogens with zero attached hydrogens (tertiary/aromatic N) is 1. The molecule has 1 fully saturated rings. The molecule has 1 aliphatic carbocycles. The molecule has 0 bridgehead atoms. The van der Waals surface area contributed by atoms with Crippen molar-refractivity contribution in [1.82, 2.24) is 4.98 Å². The summed E-state index contributed by atoms with van der Waals surface area (Å²) in [5.74, 6) is 0.370. The molecule has 0 spiro atoms. The Balaban J connectivity index is 1.77. The Morgan fingerprint density at radius 3 is 2.75 bits per heavy atom. The van der Waals surface area contributed by atoms with Crippen molar-refractivity contribution in [3.8, 4) is 0 Å². The number of carbonyl (C=O) groups excluding carboxylic acids is 1. The van der Waals surface area contributed by atoms with E-state index < -0.39 is 0 Å². The van der Waals surface area contributed by atoms with Crippen LogP contribution in [-0.4, -0.2) is 10.9 Å². The zero-order valence-electron chi connectivity index (χ0n) is 13.3. The molecule has 4 heteroatoms. The second-order valence-electron chi connectivity index (χ2n) is 6.25. The van der Waals surface area contributed by atoms with Crippen LogP contribution in [0.2, 0.25) is 5.02 Å². The van der Waals surface area contributed by atoms with Crippen LogP contribution in [0.15, 0.2) is 48.5 Å². The van der Waals surface area contributed by atoms with E-state index in [1.165, 1.54) is 0 Å². The number of anilines is 1. The predicted molar refractivity (Wildman–Crippen MR) is 97.9 cm³/mol. The lowest BCUT2D eigenvalue weighted by atomic mass is 10.0. The van der Waals surface area contributed by atoms with Gasteiger partial charge in [-0.25, -0.2) is 0 Å². The van der Waals surface area contributed by atoms with Crippen LogP contribution >= 0.6 is 11.6 Å². The monoisotopic (exact) mass is 336 g/mol.